The van der Waals surface area contributed by atoms with Gasteiger partial charge in [0.05, 0.1) is 0 Å². The molecule has 1 amide bonds. The summed E-state index contributed by atoms with van der Waals surface area (Å²) in [5.74, 6) is 0.572. The van der Waals surface area contributed by atoms with E-state index in [1.807, 2.05) is 12.3 Å². The number of primary amides is 1. The van der Waals surface area contributed by atoms with Gasteiger partial charge in [0.15, 0.2) is 0 Å². The number of hydrogen-bond donors (Lipinski definition) is 3. The molecule has 2 heterocycles. The molecule has 1 aliphatic rings. The molecule has 1 aromatic heterocycles. The summed E-state index contributed by atoms with van der Waals surface area (Å²) >= 11 is 0. The Bertz CT molecular complexity index is 917. The highest BCUT2D eigenvalue weighted by Crippen LogP contribution is 2.39. The number of nitrogens with zero attached hydrogens (tertiary/aromatic N) is 2. The fourth-order valence-electron chi connectivity index (χ4n) is 4.18. The summed E-state index contributed by atoms with van der Waals surface area (Å²) in [4.78, 5) is 22.1. The van der Waals surface area contributed by atoms with E-state index >= 15 is 0 Å². The van der Waals surface area contributed by atoms with Crippen molar-refractivity contribution in [2.24, 2.45) is 5.73 Å². The van der Waals surface area contributed by atoms with Crippen LogP contribution in [0.3, 0.4) is 0 Å². The van der Waals surface area contributed by atoms with Crippen LogP contribution in [-0.4, -0.2) is 47.0 Å². The largest absolute Gasteiger partial charge is 0.370 e. The summed E-state index contributed by atoms with van der Waals surface area (Å²) in [6.45, 7) is 3.58. The SMILES string of the molecule is NC(=O)CCC(c1ccc2ccccc2c1)(c1ncc[nH]1)N1CCNCC1. The van der Waals surface area contributed by atoms with Gasteiger partial charge in [0.1, 0.15) is 11.4 Å². The van der Waals surface area contributed by atoms with Crippen LogP contribution in [0.5, 0.6) is 0 Å². The Morgan fingerprint density at radius 2 is 1.93 bits per heavy atom. The minimum absolute atomic E-state index is 0.290. The Kier molecular flexibility index (Phi) is 4.92. The van der Waals surface area contributed by atoms with E-state index in [0.29, 0.717) is 12.8 Å². The van der Waals surface area contributed by atoms with Crippen molar-refractivity contribution in [3.05, 3.63) is 66.2 Å². The molecule has 0 saturated carbocycles. The Morgan fingerprint density at radius 3 is 2.63 bits per heavy atom. The fourth-order valence-corrected chi connectivity index (χ4v) is 4.18. The van der Waals surface area contributed by atoms with Gasteiger partial charge >= 0.3 is 0 Å². The van der Waals surface area contributed by atoms with Gasteiger partial charge < -0.3 is 16.0 Å². The highest BCUT2D eigenvalue weighted by atomic mass is 16.1. The van der Waals surface area contributed by atoms with E-state index in [9.17, 15) is 4.79 Å². The molecule has 2 aromatic carbocycles. The Morgan fingerprint density at radius 1 is 1.15 bits per heavy atom. The van der Waals surface area contributed by atoms with Crippen molar-refractivity contribution in [1.82, 2.24) is 20.2 Å². The Labute approximate surface area is 158 Å². The molecule has 1 fully saturated rings. The lowest BCUT2D eigenvalue weighted by Gasteiger charge is -2.45. The molecule has 6 nitrogen and oxygen atoms in total. The molecular weight excluding hydrogens is 338 g/mol. The molecule has 0 spiro atoms. The molecule has 140 valence electrons. The molecule has 6 heteroatoms. The molecule has 0 bridgehead atoms. The maximum atomic E-state index is 11.7. The summed E-state index contributed by atoms with van der Waals surface area (Å²) < 4.78 is 0. The van der Waals surface area contributed by atoms with Gasteiger partial charge in [-0.2, -0.15) is 0 Å². The zero-order chi connectivity index (χ0) is 18.7. The summed E-state index contributed by atoms with van der Waals surface area (Å²) in [5, 5.41) is 5.79. The Balaban J connectivity index is 1.89. The highest BCUT2D eigenvalue weighted by molar-refractivity contribution is 5.83. The van der Waals surface area contributed by atoms with Gasteiger partial charge in [0, 0.05) is 45.0 Å². The number of H-pyrrole nitrogens is 1. The maximum absolute atomic E-state index is 11.7. The average Bonchev–Trinajstić information content (AvgIpc) is 3.24. The Hall–Kier alpha value is -2.70. The van der Waals surface area contributed by atoms with Gasteiger partial charge in [-0.25, -0.2) is 4.98 Å². The standard InChI is InChI=1S/C21H25N5O/c22-19(27)7-8-21(20-24-9-10-25-20,26-13-11-23-12-14-26)18-6-5-16-3-1-2-4-17(16)15-18/h1-6,9-10,15,23H,7-8,11-14H2,(H2,22,27)(H,24,25). The van der Waals surface area contributed by atoms with E-state index in [1.165, 1.54) is 10.8 Å². The normalized spacial score (nSPS) is 17.6. The lowest BCUT2D eigenvalue weighted by Crippen LogP contribution is -2.55. The molecule has 1 atom stereocenters. The van der Waals surface area contributed by atoms with Crippen LogP contribution in [-0.2, 0) is 10.3 Å². The van der Waals surface area contributed by atoms with Crippen LogP contribution in [0.2, 0.25) is 0 Å². The summed E-state index contributed by atoms with van der Waals surface area (Å²) in [6, 6.07) is 14.9. The number of piperazine rings is 1. The third-order valence-electron chi connectivity index (χ3n) is 5.51. The quantitative estimate of drug-likeness (QED) is 0.625. The van der Waals surface area contributed by atoms with Crippen LogP contribution in [0.25, 0.3) is 10.8 Å². The molecule has 1 aliphatic heterocycles. The van der Waals surface area contributed by atoms with Crippen molar-refractivity contribution in [3.63, 3.8) is 0 Å². The predicted molar refractivity (Wildman–Crippen MR) is 106 cm³/mol. The second kappa shape index (κ2) is 7.50. The van der Waals surface area contributed by atoms with E-state index in [1.54, 1.807) is 6.20 Å². The van der Waals surface area contributed by atoms with Crippen molar-refractivity contribution in [3.8, 4) is 0 Å². The summed E-state index contributed by atoms with van der Waals surface area (Å²) in [7, 11) is 0. The van der Waals surface area contributed by atoms with Crippen LogP contribution in [0.4, 0.5) is 0 Å². The van der Waals surface area contributed by atoms with E-state index in [4.69, 9.17) is 5.73 Å². The highest BCUT2D eigenvalue weighted by Gasteiger charge is 2.43. The van der Waals surface area contributed by atoms with Crippen LogP contribution < -0.4 is 11.1 Å². The predicted octanol–water partition coefficient (Wildman–Crippen LogP) is 1.98. The number of nitrogens with one attached hydrogen (secondary N) is 2. The van der Waals surface area contributed by atoms with Crippen molar-refractivity contribution in [1.29, 1.82) is 0 Å². The van der Waals surface area contributed by atoms with E-state index in [0.717, 1.165) is 37.6 Å². The number of carbonyl (C=O) groups excluding carboxylic acids is 1. The van der Waals surface area contributed by atoms with Gasteiger partial charge in [0.2, 0.25) is 5.91 Å². The summed E-state index contributed by atoms with van der Waals surface area (Å²) in [5.41, 5.74) is 6.18. The minimum Gasteiger partial charge on any atom is -0.370 e. The second-order valence-corrected chi connectivity index (χ2v) is 7.06. The fraction of sp³-hybridized carbons (Fsp3) is 0.333. The zero-order valence-corrected chi connectivity index (χ0v) is 15.3. The van der Waals surface area contributed by atoms with Crippen LogP contribution in [0, 0.1) is 0 Å². The third-order valence-corrected chi connectivity index (χ3v) is 5.51. The third kappa shape index (κ3) is 3.34. The zero-order valence-electron chi connectivity index (χ0n) is 15.3. The molecule has 27 heavy (non-hydrogen) atoms. The molecule has 3 aromatic rings. The number of benzene rings is 2. The van der Waals surface area contributed by atoms with Gasteiger partial charge in [-0.1, -0.05) is 36.4 Å². The number of rotatable bonds is 6. The number of hydrogen-bond acceptors (Lipinski definition) is 4. The first kappa shape index (κ1) is 17.7. The topological polar surface area (TPSA) is 87.0 Å². The lowest BCUT2D eigenvalue weighted by molar-refractivity contribution is -0.118. The van der Waals surface area contributed by atoms with Gasteiger partial charge in [-0.3, -0.25) is 9.69 Å². The van der Waals surface area contributed by atoms with Crippen LogP contribution in [0.1, 0.15) is 24.2 Å². The number of fused-ring (bicyclic) bond motifs is 1. The van der Waals surface area contributed by atoms with E-state index in [-0.39, 0.29) is 5.91 Å². The second-order valence-electron chi connectivity index (χ2n) is 7.06. The molecule has 1 saturated heterocycles. The maximum Gasteiger partial charge on any atom is 0.217 e. The van der Waals surface area contributed by atoms with Crippen LogP contribution in [0.15, 0.2) is 54.9 Å². The monoisotopic (exact) mass is 363 g/mol. The molecule has 4 rings (SSSR count). The van der Waals surface area contributed by atoms with Gasteiger partial charge in [-0.15, -0.1) is 0 Å². The first-order valence-corrected chi connectivity index (χ1v) is 9.43. The first-order chi connectivity index (χ1) is 13.2. The van der Waals surface area contributed by atoms with Crippen LogP contribution >= 0.6 is 0 Å². The number of carbonyl (C=O) groups is 1. The smallest absolute Gasteiger partial charge is 0.217 e. The molecule has 4 N–H and O–H groups in total. The number of aromatic amines is 1. The van der Waals surface area contributed by atoms with Crippen molar-refractivity contribution in [2.75, 3.05) is 26.2 Å². The van der Waals surface area contributed by atoms with Gasteiger partial charge in [0.25, 0.3) is 0 Å². The average molecular weight is 363 g/mol. The summed E-state index contributed by atoms with van der Waals surface area (Å²) in [6.07, 6.45) is 4.51. The number of imidazole rings is 1. The van der Waals surface area contributed by atoms with E-state index < -0.39 is 5.54 Å². The van der Waals surface area contributed by atoms with Gasteiger partial charge in [-0.05, 0) is 28.8 Å². The molecule has 1 unspecified atom stereocenters. The number of nitrogens with two attached hydrogens (primary N) is 1. The van der Waals surface area contributed by atoms with Crippen molar-refractivity contribution >= 4 is 16.7 Å². The number of aromatic nitrogens is 2. The van der Waals surface area contributed by atoms with Crippen molar-refractivity contribution in [2.45, 2.75) is 18.4 Å². The van der Waals surface area contributed by atoms with E-state index in [2.05, 4.69) is 56.6 Å². The van der Waals surface area contributed by atoms with Crippen molar-refractivity contribution < 1.29 is 4.79 Å². The lowest BCUT2D eigenvalue weighted by atomic mass is 9.81. The minimum atomic E-state index is -0.509. The molecule has 0 radical (unpaired) electrons. The first-order valence-electron chi connectivity index (χ1n) is 9.43. The molecular formula is C21H25N5O. The number of amides is 1. The molecule has 0 aliphatic carbocycles.